The maximum absolute atomic E-state index is 13.6. The summed E-state index contributed by atoms with van der Waals surface area (Å²) in [6.45, 7) is 4.48. The van der Waals surface area contributed by atoms with Gasteiger partial charge in [0.1, 0.15) is 11.6 Å². The van der Waals surface area contributed by atoms with Gasteiger partial charge in [0.05, 0.1) is 12.8 Å². The summed E-state index contributed by atoms with van der Waals surface area (Å²) in [6.07, 6.45) is 0. The van der Waals surface area contributed by atoms with Crippen LogP contribution in [0.5, 0.6) is 5.75 Å². The Hall–Kier alpha value is -2.29. The van der Waals surface area contributed by atoms with Gasteiger partial charge in [-0.15, -0.1) is 0 Å². The first-order chi connectivity index (χ1) is 9.20. The summed E-state index contributed by atoms with van der Waals surface area (Å²) in [4.78, 5) is 0. The minimum Gasteiger partial charge on any atom is -0.497 e. The van der Waals surface area contributed by atoms with Crippen LogP contribution in [0.15, 0.2) is 55.1 Å². The van der Waals surface area contributed by atoms with E-state index < -0.39 is 0 Å². The highest BCUT2D eigenvalue weighted by Crippen LogP contribution is 2.22. The van der Waals surface area contributed by atoms with Crippen molar-refractivity contribution in [1.82, 2.24) is 0 Å². The summed E-state index contributed by atoms with van der Waals surface area (Å²) in [5, 5.41) is 3.03. The van der Waals surface area contributed by atoms with Gasteiger partial charge < -0.3 is 10.1 Å². The second-order valence-electron chi connectivity index (χ2n) is 4.17. The maximum Gasteiger partial charge on any atom is 0.146 e. The molecule has 0 fully saturated rings. The molecule has 0 radical (unpaired) electrons. The molecule has 0 spiro atoms. The van der Waals surface area contributed by atoms with Crippen molar-refractivity contribution in [3.8, 4) is 5.75 Å². The molecular weight excluding hydrogens is 241 g/mol. The first-order valence-electron chi connectivity index (χ1n) is 6.01. The fourth-order valence-corrected chi connectivity index (χ4v) is 1.74. The largest absolute Gasteiger partial charge is 0.497 e. The quantitative estimate of drug-likeness (QED) is 0.875. The van der Waals surface area contributed by atoms with Gasteiger partial charge in [0, 0.05) is 12.6 Å². The predicted octanol–water partition coefficient (Wildman–Crippen LogP) is 3.96. The third kappa shape index (κ3) is 3.35. The summed E-state index contributed by atoms with van der Waals surface area (Å²) in [7, 11) is 1.56. The Morgan fingerprint density at radius 3 is 2.63 bits per heavy atom. The molecule has 2 nitrogen and oxygen atoms in total. The number of halogens is 1. The van der Waals surface area contributed by atoms with E-state index in [9.17, 15) is 4.39 Å². The Bertz CT molecular complexity index is 566. The smallest absolute Gasteiger partial charge is 0.146 e. The van der Waals surface area contributed by atoms with Gasteiger partial charge in [-0.1, -0.05) is 36.9 Å². The summed E-state index contributed by atoms with van der Waals surface area (Å²) >= 11 is 0. The van der Waals surface area contributed by atoms with Crippen molar-refractivity contribution in [3.63, 3.8) is 0 Å². The monoisotopic (exact) mass is 257 g/mol. The Kier molecular flexibility index (Phi) is 4.18. The lowest BCUT2D eigenvalue weighted by Gasteiger charge is -2.11. The number of anilines is 1. The van der Waals surface area contributed by atoms with Crippen LogP contribution in [0.1, 0.15) is 5.56 Å². The molecule has 0 unspecified atom stereocenters. The second-order valence-corrected chi connectivity index (χ2v) is 4.17. The van der Waals surface area contributed by atoms with Crippen molar-refractivity contribution in [2.24, 2.45) is 0 Å². The van der Waals surface area contributed by atoms with Crippen LogP contribution in [0.2, 0.25) is 0 Å². The number of hydrogen-bond donors (Lipinski definition) is 1. The molecule has 0 saturated carbocycles. The molecule has 98 valence electrons. The summed E-state index contributed by atoms with van der Waals surface area (Å²) in [5.74, 6) is 0.316. The van der Waals surface area contributed by atoms with E-state index in [1.807, 2.05) is 30.3 Å². The number of benzene rings is 2. The molecule has 0 aliphatic carbocycles. The first-order valence-corrected chi connectivity index (χ1v) is 6.01. The van der Waals surface area contributed by atoms with Crippen LogP contribution in [0, 0.1) is 5.82 Å². The van der Waals surface area contributed by atoms with Gasteiger partial charge in [0.15, 0.2) is 0 Å². The minimum atomic E-state index is -0.304. The minimum absolute atomic E-state index is 0.304. The standard InChI is InChI=1S/C16H16FNO/c1-12(13-6-4-3-5-7-13)11-18-16-10-14(19-2)8-9-15(16)17/h3-10,18H,1,11H2,2H3. The molecule has 0 aromatic heterocycles. The normalized spacial score (nSPS) is 10.0. The Morgan fingerprint density at radius 2 is 1.95 bits per heavy atom. The molecule has 0 heterocycles. The fraction of sp³-hybridized carbons (Fsp3) is 0.125. The highest BCUT2D eigenvalue weighted by Gasteiger charge is 2.04. The van der Waals surface area contributed by atoms with Gasteiger partial charge in [0.2, 0.25) is 0 Å². The van der Waals surface area contributed by atoms with Crippen molar-refractivity contribution in [2.75, 3.05) is 19.0 Å². The zero-order chi connectivity index (χ0) is 13.7. The highest BCUT2D eigenvalue weighted by atomic mass is 19.1. The summed E-state index contributed by atoms with van der Waals surface area (Å²) in [5.41, 5.74) is 2.36. The number of nitrogens with one attached hydrogen (secondary N) is 1. The molecule has 2 rings (SSSR count). The van der Waals surface area contributed by atoms with Gasteiger partial charge in [0.25, 0.3) is 0 Å². The molecule has 0 aliphatic heterocycles. The molecular formula is C16H16FNO. The average molecular weight is 257 g/mol. The average Bonchev–Trinajstić information content (AvgIpc) is 2.47. The van der Waals surface area contributed by atoms with Crippen molar-refractivity contribution >= 4 is 11.3 Å². The molecule has 2 aromatic rings. The van der Waals surface area contributed by atoms with Crippen LogP contribution in [-0.2, 0) is 0 Å². The van der Waals surface area contributed by atoms with E-state index in [2.05, 4.69) is 11.9 Å². The zero-order valence-corrected chi connectivity index (χ0v) is 10.8. The number of ether oxygens (including phenoxy) is 1. The van der Waals surface area contributed by atoms with Crippen molar-refractivity contribution in [1.29, 1.82) is 0 Å². The van der Waals surface area contributed by atoms with Crippen LogP contribution in [0.25, 0.3) is 5.57 Å². The molecule has 0 saturated heterocycles. The van der Waals surface area contributed by atoms with E-state index in [0.29, 0.717) is 18.0 Å². The molecule has 0 aliphatic rings. The van der Waals surface area contributed by atoms with Crippen molar-refractivity contribution < 1.29 is 9.13 Å². The number of methoxy groups -OCH3 is 1. The third-order valence-electron chi connectivity index (χ3n) is 2.85. The SMILES string of the molecule is C=C(CNc1cc(OC)ccc1F)c1ccccc1. The van der Waals surface area contributed by atoms with Gasteiger partial charge in [-0.3, -0.25) is 0 Å². The molecule has 19 heavy (non-hydrogen) atoms. The van der Waals surface area contributed by atoms with Gasteiger partial charge in [-0.2, -0.15) is 0 Å². The lowest BCUT2D eigenvalue weighted by Crippen LogP contribution is -2.05. The highest BCUT2D eigenvalue weighted by molar-refractivity contribution is 5.67. The zero-order valence-electron chi connectivity index (χ0n) is 10.8. The third-order valence-corrected chi connectivity index (χ3v) is 2.85. The maximum atomic E-state index is 13.6. The molecule has 1 N–H and O–H groups in total. The summed E-state index contributed by atoms with van der Waals surface area (Å²) < 4.78 is 18.7. The van der Waals surface area contributed by atoms with Crippen LogP contribution in [0.3, 0.4) is 0 Å². The molecule has 0 amide bonds. The topological polar surface area (TPSA) is 21.3 Å². The molecule has 0 atom stereocenters. The predicted molar refractivity (Wildman–Crippen MR) is 76.9 cm³/mol. The van der Waals surface area contributed by atoms with E-state index in [1.54, 1.807) is 19.2 Å². The lowest BCUT2D eigenvalue weighted by molar-refractivity contribution is 0.414. The van der Waals surface area contributed by atoms with Crippen LogP contribution in [-0.4, -0.2) is 13.7 Å². The van der Waals surface area contributed by atoms with Crippen LogP contribution in [0.4, 0.5) is 10.1 Å². The Balaban J connectivity index is 2.05. The van der Waals surface area contributed by atoms with Gasteiger partial charge in [-0.25, -0.2) is 4.39 Å². The number of rotatable bonds is 5. The molecule has 0 bridgehead atoms. The second kappa shape index (κ2) is 6.05. The van der Waals surface area contributed by atoms with Gasteiger partial charge >= 0.3 is 0 Å². The number of hydrogen-bond acceptors (Lipinski definition) is 2. The van der Waals surface area contributed by atoms with E-state index in [1.165, 1.54) is 6.07 Å². The van der Waals surface area contributed by atoms with Crippen molar-refractivity contribution in [2.45, 2.75) is 0 Å². The Morgan fingerprint density at radius 1 is 1.21 bits per heavy atom. The van der Waals surface area contributed by atoms with E-state index in [4.69, 9.17) is 4.74 Å². The first kappa shape index (κ1) is 13.1. The van der Waals surface area contributed by atoms with Crippen LogP contribution >= 0.6 is 0 Å². The van der Waals surface area contributed by atoms with Gasteiger partial charge in [-0.05, 0) is 23.3 Å². The summed E-state index contributed by atoms with van der Waals surface area (Å²) in [6, 6.07) is 14.4. The van der Waals surface area contributed by atoms with E-state index in [-0.39, 0.29) is 5.82 Å². The van der Waals surface area contributed by atoms with E-state index >= 15 is 0 Å². The Labute approximate surface area is 112 Å². The van der Waals surface area contributed by atoms with Crippen molar-refractivity contribution in [3.05, 3.63) is 66.5 Å². The van der Waals surface area contributed by atoms with E-state index in [0.717, 1.165) is 11.1 Å². The molecule has 3 heteroatoms. The lowest BCUT2D eigenvalue weighted by atomic mass is 10.1. The molecule has 2 aromatic carbocycles. The van der Waals surface area contributed by atoms with Crippen LogP contribution < -0.4 is 10.1 Å². The fourth-order valence-electron chi connectivity index (χ4n) is 1.74.